The molecule has 1 aliphatic carbocycles. The number of hydrogen-bond acceptors (Lipinski definition) is 1. The molecule has 2 N–H and O–H groups in total. The van der Waals surface area contributed by atoms with Gasteiger partial charge in [-0.05, 0) is 36.5 Å². The molecular weight excluding hydrogens is 244 g/mol. The summed E-state index contributed by atoms with van der Waals surface area (Å²) in [6.07, 6.45) is 6.13. The molecule has 1 aliphatic rings. The van der Waals surface area contributed by atoms with E-state index in [1.54, 1.807) is 0 Å². The molecule has 2 unspecified atom stereocenters. The van der Waals surface area contributed by atoms with Crippen LogP contribution in [-0.4, -0.2) is 11.0 Å². The highest BCUT2D eigenvalue weighted by atomic mass is 35.5. The molecule has 2 nitrogen and oxygen atoms in total. The van der Waals surface area contributed by atoms with Crippen molar-refractivity contribution in [2.75, 3.05) is 0 Å². The van der Waals surface area contributed by atoms with Gasteiger partial charge in [0, 0.05) is 34.7 Å². The predicted octanol–water partition coefficient (Wildman–Crippen LogP) is 4.10. The van der Waals surface area contributed by atoms with Gasteiger partial charge in [-0.25, -0.2) is 0 Å². The molecule has 0 saturated heterocycles. The van der Waals surface area contributed by atoms with Gasteiger partial charge >= 0.3 is 0 Å². The van der Waals surface area contributed by atoms with Gasteiger partial charge in [0.05, 0.1) is 0 Å². The predicted molar refractivity (Wildman–Crippen MR) is 77.0 cm³/mol. The summed E-state index contributed by atoms with van der Waals surface area (Å²) in [5.41, 5.74) is 2.46. The van der Waals surface area contributed by atoms with Crippen LogP contribution < -0.4 is 5.32 Å². The number of H-pyrrole nitrogens is 1. The molecule has 3 rings (SSSR count). The highest BCUT2D eigenvalue weighted by Crippen LogP contribution is 2.26. The molecule has 1 aromatic heterocycles. The standard InChI is InChI=1S/C15H19ClN2/c1-10-3-2-4-14(10)17-8-11-9-18-15-7-12(16)5-6-13(11)15/h5-7,9-10,14,17-18H,2-4,8H2,1H3. The van der Waals surface area contributed by atoms with Crippen LogP contribution in [0.4, 0.5) is 0 Å². The van der Waals surface area contributed by atoms with E-state index in [4.69, 9.17) is 11.6 Å². The summed E-state index contributed by atoms with van der Waals surface area (Å²) in [5.74, 6) is 0.810. The van der Waals surface area contributed by atoms with Gasteiger partial charge in [0.25, 0.3) is 0 Å². The third-order valence-electron chi connectivity index (χ3n) is 4.15. The summed E-state index contributed by atoms with van der Waals surface area (Å²) < 4.78 is 0. The number of fused-ring (bicyclic) bond motifs is 1. The SMILES string of the molecule is CC1CCCC1NCc1c[nH]c2cc(Cl)ccc12. The molecule has 2 aromatic rings. The van der Waals surface area contributed by atoms with Gasteiger partial charge in [-0.1, -0.05) is 31.0 Å². The van der Waals surface area contributed by atoms with Crippen molar-refractivity contribution in [1.82, 2.24) is 10.3 Å². The van der Waals surface area contributed by atoms with Gasteiger partial charge in [0.15, 0.2) is 0 Å². The molecule has 18 heavy (non-hydrogen) atoms. The van der Waals surface area contributed by atoms with E-state index in [9.17, 15) is 0 Å². The summed E-state index contributed by atoms with van der Waals surface area (Å²) in [7, 11) is 0. The van der Waals surface area contributed by atoms with Crippen molar-refractivity contribution in [3.8, 4) is 0 Å². The van der Waals surface area contributed by atoms with Gasteiger partial charge < -0.3 is 10.3 Å². The number of aromatic nitrogens is 1. The third kappa shape index (κ3) is 2.27. The lowest BCUT2D eigenvalue weighted by atomic mass is 10.1. The summed E-state index contributed by atoms with van der Waals surface area (Å²) in [4.78, 5) is 3.29. The first-order valence-corrected chi connectivity index (χ1v) is 7.11. The molecule has 1 aromatic carbocycles. The minimum absolute atomic E-state index is 0.683. The number of aromatic amines is 1. The second-order valence-electron chi connectivity index (χ2n) is 5.40. The number of halogens is 1. The Morgan fingerprint density at radius 2 is 2.28 bits per heavy atom. The number of hydrogen-bond donors (Lipinski definition) is 2. The van der Waals surface area contributed by atoms with E-state index in [-0.39, 0.29) is 0 Å². The van der Waals surface area contributed by atoms with E-state index < -0.39 is 0 Å². The maximum absolute atomic E-state index is 5.99. The maximum Gasteiger partial charge on any atom is 0.0472 e. The van der Waals surface area contributed by atoms with Crippen LogP contribution in [0, 0.1) is 5.92 Å². The lowest BCUT2D eigenvalue weighted by Gasteiger charge is -2.16. The third-order valence-corrected chi connectivity index (χ3v) is 4.38. The molecule has 96 valence electrons. The highest BCUT2D eigenvalue weighted by molar-refractivity contribution is 6.31. The topological polar surface area (TPSA) is 27.8 Å². The van der Waals surface area contributed by atoms with Crippen molar-refractivity contribution in [3.05, 3.63) is 35.0 Å². The second-order valence-corrected chi connectivity index (χ2v) is 5.84. The summed E-state index contributed by atoms with van der Waals surface area (Å²) in [6.45, 7) is 3.29. The fourth-order valence-corrected chi connectivity index (χ4v) is 3.17. The first-order chi connectivity index (χ1) is 8.74. The Bertz CT molecular complexity index is 546. The fraction of sp³-hybridized carbons (Fsp3) is 0.467. The monoisotopic (exact) mass is 262 g/mol. The van der Waals surface area contributed by atoms with Gasteiger partial charge in [0.1, 0.15) is 0 Å². The smallest absolute Gasteiger partial charge is 0.0472 e. The Morgan fingerprint density at radius 3 is 3.06 bits per heavy atom. The van der Waals surface area contributed by atoms with Gasteiger partial charge in [0.2, 0.25) is 0 Å². The van der Waals surface area contributed by atoms with E-state index in [0.29, 0.717) is 6.04 Å². The summed E-state index contributed by atoms with van der Waals surface area (Å²) in [6, 6.07) is 6.73. The molecule has 0 spiro atoms. The minimum atomic E-state index is 0.683. The first kappa shape index (κ1) is 12.1. The zero-order valence-electron chi connectivity index (χ0n) is 10.7. The van der Waals surface area contributed by atoms with Crippen molar-refractivity contribution in [1.29, 1.82) is 0 Å². The Hall–Kier alpha value is -0.990. The summed E-state index contributed by atoms with van der Waals surface area (Å²) >= 11 is 5.99. The molecule has 1 fully saturated rings. The zero-order valence-corrected chi connectivity index (χ0v) is 11.4. The molecule has 1 saturated carbocycles. The highest BCUT2D eigenvalue weighted by Gasteiger charge is 2.22. The molecule has 1 heterocycles. The minimum Gasteiger partial charge on any atom is -0.361 e. The van der Waals surface area contributed by atoms with Crippen LogP contribution in [0.5, 0.6) is 0 Å². The van der Waals surface area contributed by atoms with Gasteiger partial charge in [-0.15, -0.1) is 0 Å². The number of benzene rings is 1. The van der Waals surface area contributed by atoms with Crippen LogP contribution in [0.25, 0.3) is 10.9 Å². The quantitative estimate of drug-likeness (QED) is 0.856. The van der Waals surface area contributed by atoms with E-state index >= 15 is 0 Å². The Kier molecular flexibility index (Phi) is 3.31. The Labute approximate surface area is 113 Å². The van der Waals surface area contributed by atoms with Gasteiger partial charge in [-0.3, -0.25) is 0 Å². The van der Waals surface area contributed by atoms with Crippen LogP contribution in [0.15, 0.2) is 24.4 Å². The molecule has 2 atom stereocenters. The van der Waals surface area contributed by atoms with E-state index in [1.165, 1.54) is 30.2 Å². The van der Waals surface area contributed by atoms with Gasteiger partial charge in [-0.2, -0.15) is 0 Å². The molecule has 0 radical (unpaired) electrons. The van der Waals surface area contributed by atoms with Crippen LogP contribution in [0.3, 0.4) is 0 Å². The van der Waals surface area contributed by atoms with Crippen molar-refractivity contribution < 1.29 is 0 Å². The largest absolute Gasteiger partial charge is 0.361 e. The normalized spacial score (nSPS) is 23.9. The average Bonchev–Trinajstić information content (AvgIpc) is 2.93. The molecule has 0 aliphatic heterocycles. The lowest BCUT2D eigenvalue weighted by Crippen LogP contribution is -2.30. The van der Waals surface area contributed by atoms with Crippen LogP contribution in [-0.2, 0) is 6.54 Å². The molecule has 0 amide bonds. The van der Waals surface area contributed by atoms with Crippen molar-refractivity contribution in [3.63, 3.8) is 0 Å². The van der Waals surface area contributed by atoms with E-state index in [0.717, 1.165) is 23.0 Å². The first-order valence-electron chi connectivity index (χ1n) is 6.73. The van der Waals surface area contributed by atoms with E-state index in [1.807, 2.05) is 12.1 Å². The molecule has 3 heteroatoms. The summed E-state index contributed by atoms with van der Waals surface area (Å²) in [5, 5.41) is 5.75. The number of nitrogens with one attached hydrogen (secondary N) is 2. The van der Waals surface area contributed by atoms with Crippen molar-refractivity contribution >= 4 is 22.5 Å². The number of rotatable bonds is 3. The Balaban J connectivity index is 1.74. The fourth-order valence-electron chi connectivity index (χ4n) is 2.99. The lowest BCUT2D eigenvalue weighted by molar-refractivity contribution is 0.426. The molecular formula is C15H19ClN2. The van der Waals surface area contributed by atoms with Crippen LogP contribution >= 0.6 is 11.6 Å². The van der Waals surface area contributed by atoms with Crippen molar-refractivity contribution in [2.45, 2.75) is 38.8 Å². The Morgan fingerprint density at radius 1 is 1.39 bits per heavy atom. The molecule has 0 bridgehead atoms. The second kappa shape index (κ2) is 4.94. The van der Waals surface area contributed by atoms with E-state index in [2.05, 4.69) is 29.5 Å². The van der Waals surface area contributed by atoms with Crippen LogP contribution in [0.1, 0.15) is 31.7 Å². The average molecular weight is 263 g/mol. The van der Waals surface area contributed by atoms with Crippen molar-refractivity contribution in [2.24, 2.45) is 5.92 Å². The maximum atomic E-state index is 5.99. The van der Waals surface area contributed by atoms with Crippen LogP contribution in [0.2, 0.25) is 5.02 Å². The zero-order chi connectivity index (χ0) is 12.5.